The molecule has 1 nitrogen and oxygen atoms in total. The summed E-state index contributed by atoms with van der Waals surface area (Å²) in [6.07, 6.45) is 0. The molecule has 0 aliphatic heterocycles. The summed E-state index contributed by atoms with van der Waals surface area (Å²) in [5, 5.41) is 2.59. The van der Waals surface area contributed by atoms with E-state index in [1.807, 2.05) is 0 Å². The van der Waals surface area contributed by atoms with Crippen molar-refractivity contribution in [2.75, 3.05) is 0 Å². The third-order valence-electron chi connectivity index (χ3n) is 2.91. The summed E-state index contributed by atoms with van der Waals surface area (Å²) < 4.78 is 1.12. The zero-order valence-corrected chi connectivity index (χ0v) is 11.2. The quantitative estimate of drug-likeness (QED) is 0.876. The highest BCUT2D eigenvalue weighted by atomic mass is 79.9. The number of benzene rings is 2. The number of halogens is 1. The SMILES string of the molecule is CC(C)c1c(CN)ccc2ccc(Br)cc12. The Morgan fingerprint density at radius 3 is 2.50 bits per heavy atom. The minimum atomic E-state index is 0.497. The van der Waals surface area contributed by atoms with Gasteiger partial charge in [-0.3, -0.25) is 0 Å². The Morgan fingerprint density at radius 1 is 1.19 bits per heavy atom. The second-order valence-corrected chi connectivity index (χ2v) is 5.28. The van der Waals surface area contributed by atoms with E-state index in [9.17, 15) is 0 Å². The van der Waals surface area contributed by atoms with Crippen LogP contribution in [0.25, 0.3) is 10.8 Å². The molecule has 0 spiro atoms. The van der Waals surface area contributed by atoms with Crippen molar-refractivity contribution in [2.24, 2.45) is 5.73 Å². The van der Waals surface area contributed by atoms with E-state index in [0.29, 0.717) is 12.5 Å². The normalized spacial score (nSPS) is 11.3. The first-order valence-electron chi connectivity index (χ1n) is 5.54. The topological polar surface area (TPSA) is 26.0 Å². The van der Waals surface area contributed by atoms with Crippen molar-refractivity contribution in [3.8, 4) is 0 Å². The van der Waals surface area contributed by atoms with Gasteiger partial charge in [0.1, 0.15) is 0 Å². The van der Waals surface area contributed by atoms with Crippen molar-refractivity contribution in [2.45, 2.75) is 26.3 Å². The van der Waals surface area contributed by atoms with E-state index < -0.39 is 0 Å². The molecule has 84 valence electrons. The van der Waals surface area contributed by atoms with Crippen LogP contribution in [-0.4, -0.2) is 0 Å². The molecule has 0 heterocycles. The van der Waals surface area contributed by atoms with Gasteiger partial charge in [0, 0.05) is 11.0 Å². The van der Waals surface area contributed by atoms with E-state index in [1.165, 1.54) is 21.9 Å². The minimum absolute atomic E-state index is 0.497. The molecule has 0 atom stereocenters. The number of rotatable bonds is 2. The molecule has 0 saturated carbocycles. The van der Waals surface area contributed by atoms with Crippen LogP contribution in [0.3, 0.4) is 0 Å². The highest BCUT2D eigenvalue weighted by molar-refractivity contribution is 9.10. The lowest BCUT2D eigenvalue weighted by Gasteiger charge is -2.15. The van der Waals surface area contributed by atoms with Gasteiger partial charge in [-0.15, -0.1) is 0 Å². The molecule has 0 unspecified atom stereocenters. The van der Waals surface area contributed by atoms with Gasteiger partial charge in [-0.25, -0.2) is 0 Å². The first-order valence-corrected chi connectivity index (χ1v) is 6.34. The maximum absolute atomic E-state index is 5.81. The Labute approximate surface area is 105 Å². The Bertz CT molecular complexity index is 517. The van der Waals surface area contributed by atoms with E-state index in [0.717, 1.165) is 4.47 Å². The first-order chi connectivity index (χ1) is 7.63. The molecular formula is C14H16BrN. The van der Waals surface area contributed by atoms with Gasteiger partial charge in [0.05, 0.1) is 0 Å². The van der Waals surface area contributed by atoms with Crippen LogP contribution in [0.4, 0.5) is 0 Å². The average Bonchev–Trinajstić information content (AvgIpc) is 2.26. The molecule has 2 aromatic rings. The van der Waals surface area contributed by atoms with Crippen LogP contribution < -0.4 is 5.73 Å². The maximum Gasteiger partial charge on any atom is 0.0181 e. The molecule has 0 aliphatic carbocycles. The largest absolute Gasteiger partial charge is 0.326 e. The summed E-state index contributed by atoms with van der Waals surface area (Å²) in [7, 11) is 0. The van der Waals surface area contributed by atoms with Crippen molar-refractivity contribution in [3.63, 3.8) is 0 Å². The fourth-order valence-corrected chi connectivity index (χ4v) is 2.58. The molecule has 0 bridgehead atoms. The zero-order chi connectivity index (χ0) is 11.7. The van der Waals surface area contributed by atoms with Crippen molar-refractivity contribution >= 4 is 26.7 Å². The van der Waals surface area contributed by atoms with Gasteiger partial charge in [0.2, 0.25) is 0 Å². The molecule has 2 rings (SSSR count). The smallest absolute Gasteiger partial charge is 0.0181 e. The Morgan fingerprint density at radius 2 is 1.88 bits per heavy atom. The van der Waals surface area contributed by atoms with Crippen LogP contribution in [0.2, 0.25) is 0 Å². The molecule has 0 fully saturated rings. The Kier molecular flexibility index (Phi) is 3.31. The van der Waals surface area contributed by atoms with E-state index >= 15 is 0 Å². The van der Waals surface area contributed by atoms with Gasteiger partial charge in [-0.05, 0) is 39.9 Å². The van der Waals surface area contributed by atoms with Crippen LogP contribution in [0, 0.1) is 0 Å². The van der Waals surface area contributed by atoms with Gasteiger partial charge in [0.25, 0.3) is 0 Å². The molecule has 2 N–H and O–H groups in total. The van der Waals surface area contributed by atoms with Crippen molar-refractivity contribution in [3.05, 3.63) is 45.9 Å². The summed E-state index contributed by atoms with van der Waals surface area (Å²) in [6, 6.07) is 10.7. The molecule has 2 heteroatoms. The number of nitrogens with two attached hydrogens (primary N) is 1. The van der Waals surface area contributed by atoms with Gasteiger partial charge < -0.3 is 5.73 Å². The second kappa shape index (κ2) is 4.56. The summed E-state index contributed by atoms with van der Waals surface area (Å²) in [5.74, 6) is 0.497. The fraction of sp³-hybridized carbons (Fsp3) is 0.286. The van der Waals surface area contributed by atoms with Gasteiger partial charge >= 0.3 is 0 Å². The molecule has 16 heavy (non-hydrogen) atoms. The average molecular weight is 278 g/mol. The van der Waals surface area contributed by atoms with E-state index in [1.54, 1.807) is 0 Å². The third-order valence-corrected chi connectivity index (χ3v) is 3.41. The van der Waals surface area contributed by atoms with Crippen molar-refractivity contribution in [1.29, 1.82) is 0 Å². The molecule has 2 aromatic carbocycles. The number of hydrogen-bond acceptors (Lipinski definition) is 1. The standard InChI is InChI=1S/C14H16BrN/c1-9(2)14-11(8-16)4-3-10-5-6-12(15)7-13(10)14/h3-7,9H,8,16H2,1-2H3. The molecule has 0 aromatic heterocycles. The monoisotopic (exact) mass is 277 g/mol. The highest BCUT2D eigenvalue weighted by Crippen LogP contribution is 2.30. The Hall–Kier alpha value is -0.860. The van der Waals surface area contributed by atoms with Gasteiger partial charge in [-0.2, -0.15) is 0 Å². The van der Waals surface area contributed by atoms with E-state index in [2.05, 4.69) is 60.1 Å². The maximum atomic E-state index is 5.81. The number of hydrogen-bond donors (Lipinski definition) is 1. The van der Waals surface area contributed by atoms with Crippen LogP contribution in [-0.2, 0) is 6.54 Å². The van der Waals surface area contributed by atoms with Crippen molar-refractivity contribution < 1.29 is 0 Å². The summed E-state index contributed by atoms with van der Waals surface area (Å²) in [5.41, 5.74) is 8.43. The predicted octanol–water partition coefficient (Wildman–Crippen LogP) is 4.18. The van der Waals surface area contributed by atoms with Crippen LogP contribution in [0.1, 0.15) is 30.9 Å². The third kappa shape index (κ3) is 2.00. The summed E-state index contributed by atoms with van der Waals surface area (Å²) in [4.78, 5) is 0. The molecular weight excluding hydrogens is 262 g/mol. The van der Waals surface area contributed by atoms with Gasteiger partial charge in [0.15, 0.2) is 0 Å². The van der Waals surface area contributed by atoms with Crippen LogP contribution >= 0.6 is 15.9 Å². The summed E-state index contributed by atoms with van der Waals surface area (Å²) >= 11 is 3.53. The van der Waals surface area contributed by atoms with E-state index in [-0.39, 0.29) is 0 Å². The second-order valence-electron chi connectivity index (χ2n) is 4.36. The lowest BCUT2D eigenvalue weighted by Crippen LogP contribution is -2.03. The zero-order valence-electron chi connectivity index (χ0n) is 9.63. The van der Waals surface area contributed by atoms with Crippen LogP contribution in [0.15, 0.2) is 34.8 Å². The fourth-order valence-electron chi connectivity index (χ4n) is 2.22. The highest BCUT2D eigenvalue weighted by Gasteiger charge is 2.10. The van der Waals surface area contributed by atoms with E-state index in [4.69, 9.17) is 5.73 Å². The van der Waals surface area contributed by atoms with Crippen molar-refractivity contribution in [1.82, 2.24) is 0 Å². The minimum Gasteiger partial charge on any atom is -0.326 e. The summed E-state index contributed by atoms with van der Waals surface area (Å²) in [6.45, 7) is 5.04. The number of fused-ring (bicyclic) bond motifs is 1. The lowest BCUT2D eigenvalue weighted by atomic mass is 9.91. The van der Waals surface area contributed by atoms with Gasteiger partial charge in [-0.1, -0.05) is 48.0 Å². The molecule has 0 amide bonds. The van der Waals surface area contributed by atoms with Crippen LogP contribution in [0.5, 0.6) is 0 Å². The molecule has 0 saturated heterocycles. The first kappa shape index (κ1) is 11.6. The predicted molar refractivity (Wildman–Crippen MR) is 73.6 cm³/mol. The molecule has 0 aliphatic rings. The Balaban J connectivity index is 2.81. The molecule has 0 radical (unpaired) electrons. The lowest BCUT2D eigenvalue weighted by molar-refractivity contribution is 0.850.